The van der Waals surface area contributed by atoms with Crippen LogP contribution in [0.2, 0.25) is 0 Å². The van der Waals surface area contributed by atoms with Crippen LogP contribution in [0.4, 0.5) is 32.4 Å². The Balaban J connectivity index is 1.39. The van der Waals surface area contributed by atoms with Crippen molar-refractivity contribution in [3.63, 3.8) is 0 Å². The van der Waals surface area contributed by atoms with Crippen LogP contribution in [0.25, 0.3) is 23.0 Å². The van der Waals surface area contributed by atoms with E-state index in [2.05, 4.69) is 30.5 Å². The number of hydrogen-bond donors (Lipinski definition) is 1. The number of pyridine rings is 1. The van der Waals surface area contributed by atoms with Gasteiger partial charge < -0.3 is 14.6 Å². The molecule has 15 heteroatoms. The first kappa shape index (κ1) is 28.4. The van der Waals surface area contributed by atoms with E-state index in [-0.39, 0.29) is 36.5 Å². The van der Waals surface area contributed by atoms with Gasteiger partial charge in [0.05, 0.1) is 17.0 Å². The van der Waals surface area contributed by atoms with Gasteiger partial charge in [-0.2, -0.15) is 13.2 Å². The minimum atomic E-state index is -4.64. The lowest BCUT2D eigenvalue weighted by Crippen LogP contribution is -2.41. The Morgan fingerprint density at radius 2 is 1.66 bits per heavy atom. The molecule has 3 aromatic heterocycles. The fraction of sp³-hybridized carbons (Fsp3) is 0.308. The van der Waals surface area contributed by atoms with Gasteiger partial charge in [0.25, 0.3) is 11.8 Å². The summed E-state index contributed by atoms with van der Waals surface area (Å²) in [5.74, 6) is -2.10. The molecule has 0 unspecified atom stereocenters. The van der Waals surface area contributed by atoms with Gasteiger partial charge in [-0.15, -0.1) is 10.2 Å². The van der Waals surface area contributed by atoms with Crippen molar-refractivity contribution in [2.24, 2.45) is 0 Å². The van der Waals surface area contributed by atoms with E-state index in [0.717, 1.165) is 18.2 Å². The summed E-state index contributed by atoms with van der Waals surface area (Å²) >= 11 is 1.33. The van der Waals surface area contributed by atoms with E-state index in [1.165, 1.54) is 34.9 Å². The Kier molecular flexibility index (Phi) is 7.89. The smallest absolute Gasteiger partial charge is 0.414 e. The molecule has 1 aliphatic heterocycles. The number of nitrogens with one attached hydrogen (secondary N) is 1. The summed E-state index contributed by atoms with van der Waals surface area (Å²) in [6, 6.07) is 6.06. The van der Waals surface area contributed by atoms with Gasteiger partial charge >= 0.3 is 12.2 Å². The average Bonchev–Trinajstić information content (AvgIpc) is 3.44. The third-order valence-corrected chi connectivity index (χ3v) is 7.09. The zero-order valence-electron chi connectivity index (χ0n) is 21.7. The first-order chi connectivity index (χ1) is 19.5. The van der Waals surface area contributed by atoms with Crippen LogP contribution in [0.5, 0.6) is 0 Å². The number of hydrogen-bond acceptors (Lipinski definition) is 8. The largest absolute Gasteiger partial charge is 0.433 e. The van der Waals surface area contributed by atoms with Crippen molar-refractivity contribution >= 4 is 23.5 Å². The van der Waals surface area contributed by atoms with Crippen molar-refractivity contribution in [1.82, 2.24) is 30.0 Å². The van der Waals surface area contributed by atoms with Crippen LogP contribution in [0.15, 0.2) is 46.0 Å². The molecule has 0 atom stereocenters. The minimum Gasteiger partial charge on any atom is -0.414 e. The highest BCUT2D eigenvalue weighted by Crippen LogP contribution is 2.37. The van der Waals surface area contributed by atoms with Crippen LogP contribution in [0.1, 0.15) is 35.8 Å². The third kappa shape index (κ3) is 5.99. The van der Waals surface area contributed by atoms with Crippen molar-refractivity contribution in [1.29, 1.82) is 0 Å². The second-order valence-electron chi connectivity index (χ2n) is 9.16. The molecule has 1 saturated heterocycles. The molecule has 0 bridgehead atoms. The summed E-state index contributed by atoms with van der Waals surface area (Å²) in [7, 11) is 0. The SMILES string of the molecule is CSc1nc(C)c(-c2nnc(-c3cccc(C(F)(F)F)n3)o2)c(C2CCN(C(=O)Nc3c(F)cccc3F)CC2)n1. The van der Waals surface area contributed by atoms with Gasteiger partial charge in [0, 0.05) is 19.0 Å². The molecule has 1 aromatic carbocycles. The highest BCUT2D eigenvalue weighted by molar-refractivity contribution is 7.98. The number of carbonyl (C=O) groups is 1. The second-order valence-corrected chi connectivity index (χ2v) is 9.94. The standard InChI is InChI=1S/C26H22F5N7O2S/c1-13-19(23-37-36-22(40-23)17-7-4-8-18(33-17)26(29,30)31)20(34-24(32-13)41-2)14-9-11-38(12-10-14)25(39)35-21-15(27)5-3-6-16(21)28/h3-8,14H,9-12H2,1-2H3,(H,35,39). The number of halogens is 5. The molecule has 214 valence electrons. The number of piperidine rings is 1. The molecule has 0 saturated carbocycles. The van der Waals surface area contributed by atoms with Crippen molar-refractivity contribution in [3.8, 4) is 23.0 Å². The fourth-order valence-electron chi connectivity index (χ4n) is 4.52. The van der Waals surface area contributed by atoms with Gasteiger partial charge in [-0.3, -0.25) is 0 Å². The zero-order valence-corrected chi connectivity index (χ0v) is 22.5. The predicted molar refractivity (Wildman–Crippen MR) is 139 cm³/mol. The topological polar surface area (TPSA) is 110 Å². The van der Waals surface area contributed by atoms with Crippen LogP contribution >= 0.6 is 11.8 Å². The summed E-state index contributed by atoms with van der Waals surface area (Å²) in [5, 5.41) is 10.8. The normalized spacial score (nSPS) is 14.4. The molecule has 0 radical (unpaired) electrons. The quantitative estimate of drug-likeness (QED) is 0.163. The molecule has 0 spiro atoms. The van der Waals surface area contributed by atoms with Crippen molar-refractivity contribution in [2.75, 3.05) is 24.7 Å². The van der Waals surface area contributed by atoms with Gasteiger partial charge in [-0.25, -0.2) is 28.5 Å². The van der Waals surface area contributed by atoms with E-state index < -0.39 is 35.2 Å². The Bertz CT molecular complexity index is 1570. The number of benzene rings is 1. The van der Waals surface area contributed by atoms with E-state index >= 15 is 0 Å². The van der Waals surface area contributed by atoms with Crippen LogP contribution in [-0.2, 0) is 6.18 Å². The molecule has 2 amide bonds. The predicted octanol–water partition coefficient (Wildman–Crippen LogP) is 6.33. The number of aromatic nitrogens is 5. The fourth-order valence-corrected chi connectivity index (χ4v) is 4.94. The van der Waals surface area contributed by atoms with Crippen molar-refractivity contribution in [3.05, 3.63) is 65.1 Å². The van der Waals surface area contributed by atoms with Crippen LogP contribution in [0.3, 0.4) is 0 Å². The van der Waals surface area contributed by atoms with E-state index in [9.17, 15) is 26.7 Å². The lowest BCUT2D eigenvalue weighted by atomic mass is 9.90. The maximum Gasteiger partial charge on any atom is 0.433 e. The highest BCUT2D eigenvalue weighted by Gasteiger charge is 2.34. The highest BCUT2D eigenvalue weighted by atomic mass is 32.2. The van der Waals surface area contributed by atoms with E-state index in [1.54, 1.807) is 6.92 Å². The lowest BCUT2D eigenvalue weighted by molar-refractivity contribution is -0.141. The maximum absolute atomic E-state index is 14.0. The monoisotopic (exact) mass is 591 g/mol. The van der Waals surface area contributed by atoms with Crippen LogP contribution in [0, 0.1) is 18.6 Å². The lowest BCUT2D eigenvalue weighted by Gasteiger charge is -2.32. The van der Waals surface area contributed by atoms with Gasteiger partial charge in [-0.05, 0) is 50.3 Å². The minimum absolute atomic E-state index is 0.0227. The number of anilines is 1. The first-order valence-corrected chi connectivity index (χ1v) is 13.6. The van der Waals surface area contributed by atoms with Gasteiger partial charge in [-0.1, -0.05) is 23.9 Å². The van der Waals surface area contributed by atoms with Crippen LogP contribution in [-0.4, -0.2) is 55.4 Å². The van der Waals surface area contributed by atoms with Gasteiger partial charge in [0.1, 0.15) is 28.7 Å². The molecule has 1 aliphatic rings. The maximum atomic E-state index is 14.0. The van der Waals surface area contributed by atoms with Gasteiger partial charge in [0.15, 0.2) is 5.16 Å². The molecule has 1 fully saturated rings. The first-order valence-electron chi connectivity index (χ1n) is 12.4. The molecule has 1 N–H and O–H groups in total. The van der Waals surface area contributed by atoms with Gasteiger partial charge in [0.2, 0.25) is 0 Å². The number of urea groups is 1. The molecule has 4 heterocycles. The number of para-hydroxylation sites is 1. The number of carbonyl (C=O) groups excluding carboxylic acids is 1. The summed E-state index contributed by atoms with van der Waals surface area (Å²) in [6.45, 7) is 2.28. The van der Waals surface area contributed by atoms with Crippen molar-refractivity contribution in [2.45, 2.75) is 37.0 Å². The third-order valence-electron chi connectivity index (χ3n) is 6.54. The molecule has 0 aliphatic carbocycles. The Morgan fingerprint density at radius 1 is 1.00 bits per heavy atom. The molecule has 5 rings (SSSR count). The second kappa shape index (κ2) is 11.4. The van der Waals surface area contributed by atoms with E-state index in [0.29, 0.717) is 34.9 Å². The number of aryl methyl sites for hydroxylation is 1. The molecular formula is C26H22F5N7O2S. The number of nitrogens with zero attached hydrogens (tertiary/aromatic N) is 6. The Labute approximate surface area is 234 Å². The van der Waals surface area contributed by atoms with E-state index in [1.807, 2.05) is 6.26 Å². The molecule has 41 heavy (non-hydrogen) atoms. The summed E-state index contributed by atoms with van der Waals surface area (Å²) in [6.07, 6.45) is -1.91. The van der Waals surface area contributed by atoms with Crippen molar-refractivity contribution < 1.29 is 31.2 Å². The summed E-state index contributed by atoms with van der Waals surface area (Å²) in [5.41, 5.74) is -0.167. The molecule has 4 aromatic rings. The number of rotatable bonds is 5. The average molecular weight is 592 g/mol. The number of alkyl halides is 3. The molecule has 9 nitrogen and oxygen atoms in total. The van der Waals surface area contributed by atoms with Crippen LogP contribution < -0.4 is 5.32 Å². The molecular weight excluding hydrogens is 569 g/mol. The summed E-state index contributed by atoms with van der Waals surface area (Å²) < 4.78 is 73.2. The number of thioether (sulfide) groups is 1. The zero-order chi connectivity index (χ0) is 29.3. The van der Waals surface area contributed by atoms with E-state index in [4.69, 9.17) is 4.42 Å². The Morgan fingerprint density at radius 3 is 2.32 bits per heavy atom. The summed E-state index contributed by atoms with van der Waals surface area (Å²) in [4.78, 5) is 26.9. The Hall–Kier alpha value is -4.14. The number of amides is 2. The number of likely N-dealkylation sites (tertiary alicyclic amines) is 1.